The van der Waals surface area contributed by atoms with Gasteiger partial charge in [-0.05, 0) is 62.9 Å². The van der Waals surface area contributed by atoms with Crippen molar-refractivity contribution in [2.24, 2.45) is 0 Å². The van der Waals surface area contributed by atoms with Gasteiger partial charge in [0.15, 0.2) is 0 Å². The number of esters is 1. The molecule has 0 saturated heterocycles. The van der Waals surface area contributed by atoms with Crippen molar-refractivity contribution >= 4 is 44.3 Å². The Morgan fingerprint density at radius 2 is 1.60 bits per heavy atom. The average molecular weight is 594 g/mol. The molecule has 0 bridgehead atoms. The van der Waals surface area contributed by atoms with Crippen LogP contribution in [0.3, 0.4) is 0 Å². The Labute approximate surface area is 240 Å². The summed E-state index contributed by atoms with van der Waals surface area (Å²) in [6.07, 6.45) is 3.32. The molecular weight excluding hydrogens is 554 g/mol. The molecule has 40 heavy (non-hydrogen) atoms. The van der Waals surface area contributed by atoms with Gasteiger partial charge in [0.25, 0.3) is 5.91 Å². The van der Waals surface area contributed by atoms with Crippen molar-refractivity contribution in [3.63, 3.8) is 0 Å². The molecule has 3 rings (SSSR count). The highest BCUT2D eigenvalue weighted by molar-refractivity contribution is 7.89. The maximum Gasteiger partial charge on any atom is 0.410 e. The molecule has 2 aromatic rings. The number of sulfonamides is 1. The van der Waals surface area contributed by atoms with E-state index in [1.807, 2.05) is 13.8 Å². The number of hydrogen-bond acceptors (Lipinski definition) is 8. The summed E-state index contributed by atoms with van der Waals surface area (Å²) < 4.78 is 38.4. The van der Waals surface area contributed by atoms with Crippen LogP contribution in [0, 0.1) is 0 Å². The quantitative estimate of drug-likeness (QED) is 0.314. The molecule has 10 nitrogen and oxygen atoms in total. The Kier molecular flexibility index (Phi) is 11.5. The zero-order valence-corrected chi connectivity index (χ0v) is 25.3. The minimum atomic E-state index is -3.69. The number of unbranched alkanes of at least 4 members (excludes halogenated alkanes) is 2. The molecule has 2 heterocycles. The number of nitrogens with one attached hydrogen (secondary N) is 1. The van der Waals surface area contributed by atoms with Crippen LogP contribution in [-0.4, -0.2) is 68.4 Å². The molecule has 1 N–H and O–H groups in total. The fraction of sp³-hybridized carbons (Fsp3) is 0.536. The number of carbonyl (C=O) groups excluding carboxylic acids is 3. The smallest absolute Gasteiger partial charge is 0.410 e. The van der Waals surface area contributed by atoms with Gasteiger partial charge in [-0.1, -0.05) is 26.7 Å². The number of ether oxygens (including phenoxy) is 2. The topological polar surface area (TPSA) is 122 Å². The van der Waals surface area contributed by atoms with Gasteiger partial charge in [-0.2, -0.15) is 4.31 Å². The number of benzene rings is 1. The average Bonchev–Trinajstić information content (AvgIpc) is 3.30. The molecule has 1 aromatic carbocycles. The molecule has 0 spiro atoms. The van der Waals surface area contributed by atoms with E-state index in [-0.39, 0.29) is 30.2 Å². The van der Waals surface area contributed by atoms with Crippen molar-refractivity contribution in [3.05, 3.63) is 45.8 Å². The molecule has 1 aromatic heterocycles. The minimum Gasteiger partial charge on any atom is -0.462 e. The number of rotatable bonds is 13. The molecular formula is C28H39N3O7S2. The van der Waals surface area contributed by atoms with E-state index < -0.39 is 28.0 Å². The van der Waals surface area contributed by atoms with Gasteiger partial charge in [-0.25, -0.2) is 18.0 Å². The number of anilines is 1. The van der Waals surface area contributed by atoms with Crippen molar-refractivity contribution in [2.75, 3.05) is 38.2 Å². The molecule has 1 aliphatic rings. The maximum atomic E-state index is 13.3. The SMILES string of the molecule is CCCCN(CCCC)S(=O)(=O)c1ccc(C(=O)Nc2sc3c(c2C(=O)OCC)CCN(C(=O)OCC)C3)cc1. The summed E-state index contributed by atoms with van der Waals surface area (Å²) in [6.45, 7) is 9.47. The second kappa shape index (κ2) is 14.6. The van der Waals surface area contributed by atoms with E-state index in [2.05, 4.69) is 5.32 Å². The van der Waals surface area contributed by atoms with E-state index in [9.17, 15) is 22.8 Å². The first-order valence-corrected chi connectivity index (χ1v) is 16.1. The molecule has 0 atom stereocenters. The van der Waals surface area contributed by atoms with E-state index in [0.29, 0.717) is 36.6 Å². The van der Waals surface area contributed by atoms with Gasteiger partial charge in [-0.15, -0.1) is 11.3 Å². The van der Waals surface area contributed by atoms with Gasteiger partial charge in [0, 0.05) is 30.1 Å². The van der Waals surface area contributed by atoms with Crippen LogP contribution in [-0.2, 0) is 32.5 Å². The Hall–Kier alpha value is -2.96. The predicted molar refractivity (Wildman–Crippen MR) is 154 cm³/mol. The molecule has 0 fully saturated rings. The van der Waals surface area contributed by atoms with E-state index in [1.54, 1.807) is 18.7 Å². The van der Waals surface area contributed by atoms with Crippen molar-refractivity contribution in [1.29, 1.82) is 0 Å². The molecule has 12 heteroatoms. The first kappa shape index (κ1) is 31.6. The normalized spacial score (nSPS) is 13.2. The molecule has 1 aliphatic heterocycles. The summed E-state index contributed by atoms with van der Waals surface area (Å²) in [5.41, 5.74) is 1.29. The van der Waals surface area contributed by atoms with E-state index >= 15 is 0 Å². The fourth-order valence-electron chi connectivity index (χ4n) is 4.41. The van der Waals surface area contributed by atoms with E-state index in [4.69, 9.17) is 9.47 Å². The summed E-state index contributed by atoms with van der Waals surface area (Å²) in [6, 6.07) is 5.83. The van der Waals surface area contributed by atoms with Crippen molar-refractivity contribution in [2.45, 2.75) is 71.2 Å². The number of fused-ring (bicyclic) bond motifs is 1. The van der Waals surface area contributed by atoms with E-state index in [0.717, 1.165) is 36.1 Å². The van der Waals surface area contributed by atoms with Gasteiger partial charge >= 0.3 is 12.1 Å². The molecule has 0 aliphatic carbocycles. The number of nitrogens with zero attached hydrogens (tertiary/aromatic N) is 2. The summed E-state index contributed by atoms with van der Waals surface area (Å²) in [5, 5.41) is 3.15. The highest BCUT2D eigenvalue weighted by atomic mass is 32.2. The monoisotopic (exact) mass is 593 g/mol. The second-order valence-corrected chi connectivity index (χ2v) is 12.4. The minimum absolute atomic E-state index is 0.133. The molecule has 0 saturated carbocycles. The molecule has 0 unspecified atom stereocenters. The number of hydrogen-bond donors (Lipinski definition) is 1. The molecule has 0 radical (unpaired) electrons. The number of carbonyl (C=O) groups is 3. The predicted octanol–water partition coefficient (Wildman–Crippen LogP) is 5.28. The van der Waals surface area contributed by atoms with Crippen LogP contribution in [0.4, 0.5) is 9.80 Å². The van der Waals surface area contributed by atoms with Crippen LogP contribution in [0.15, 0.2) is 29.2 Å². The summed E-state index contributed by atoms with van der Waals surface area (Å²) in [4.78, 5) is 40.8. The van der Waals surface area contributed by atoms with Gasteiger partial charge in [0.2, 0.25) is 10.0 Å². The highest BCUT2D eigenvalue weighted by Gasteiger charge is 2.32. The lowest BCUT2D eigenvalue weighted by Gasteiger charge is -2.26. The van der Waals surface area contributed by atoms with Crippen LogP contribution in [0.1, 0.15) is 84.5 Å². The van der Waals surface area contributed by atoms with Crippen LogP contribution in [0.25, 0.3) is 0 Å². The van der Waals surface area contributed by atoms with Gasteiger partial charge in [0.1, 0.15) is 5.00 Å². The zero-order chi connectivity index (χ0) is 29.3. The lowest BCUT2D eigenvalue weighted by Crippen LogP contribution is -2.36. The van der Waals surface area contributed by atoms with Crippen LogP contribution >= 0.6 is 11.3 Å². The third-order valence-corrected chi connectivity index (χ3v) is 9.61. The highest BCUT2D eigenvalue weighted by Crippen LogP contribution is 2.38. The zero-order valence-electron chi connectivity index (χ0n) is 23.7. The first-order valence-electron chi connectivity index (χ1n) is 13.8. The Bertz CT molecular complexity index is 1280. The van der Waals surface area contributed by atoms with Crippen molar-refractivity contribution in [3.8, 4) is 0 Å². The van der Waals surface area contributed by atoms with Gasteiger partial charge < -0.3 is 19.7 Å². The van der Waals surface area contributed by atoms with Gasteiger partial charge in [0.05, 0.1) is 30.2 Å². The third kappa shape index (κ3) is 7.41. The Balaban J connectivity index is 1.83. The number of thiophene rings is 1. The standard InChI is InChI=1S/C28H39N3O7S2/c1-5-9-16-31(17-10-6-2)40(35,36)21-13-11-20(12-14-21)25(32)29-26-24(27(33)37-7-3)22-15-18-30(19-23(22)39-26)28(34)38-8-4/h11-14H,5-10,15-19H2,1-4H3,(H,29,32). The van der Waals surface area contributed by atoms with Crippen molar-refractivity contribution < 1.29 is 32.3 Å². The lowest BCUT2D eigenvalue weighted by molar-refractivity contribution is 0.0526. The molecule has 2 amide bonds. The maximum absolute atomic E-state index is 13.3. The summed E-state index contributed by atoms with van der Waals surface area (Å²) in [7, 11) is -3.69. The van der Waals surface area contributed by atoms with Crippen molar-refractivity contribution in [1.82, 2.24) is 9.21 Å². The van der Waals surface area contributed by atoms with Gasteiger partial charge in [-0.3, -0.25) is 4.79 Å². The Morgan fingerprint density at radius 1 is 0.975 bits per heavy atom. The Morgan fingerprint density at radius 3 is 2.17 bits per heavy atom. The van der Waals surface area contributed by atoms with Crippen LogP contribution < -0.4 is 5.32 Å². The number of amides is 2. The lowest BCUT2D eigenvalue weighted by atomic mass is 10.0. The largest absolute Gasteiger partial charge is 0.462 e. The van der Waals surface area contributed by atoms with E-state index in [1.165, 1.54) is 39.9 Å². The van der Waals surface area contributed by atoms with Crippen LogP contribution in [0.2, 0.25) is 0 Å². The third-order valence-electron chi connectivity index (χ3n) is 6.57. The fourth-order valence-corrected chi connectivity index (χ4v) is 7.17. The second-order valence-electron chi connectivity index (χ2n) is 9.39. The van der Waals surface area contributed by atoms with Crippen LogP contribution in [0.5, 0.6) is 0 Å². The molecule has 220 valence electrons. The first-order chi connectivity index (χ1) is 19.2. The summed E-state index contributed by atoms with van der Waals surface area (Å²) >= 11 is 1.22. The summed E-state index contributed by atoms with van der Waals surface area (Å²) in [5.74, 6) is -1.02.